The molecule has 0 aliphatic heterocycles. The van der Waals surface area contributed by atoms with Gasteiger partial charge in [0, 0.05) is 39.3 Å². The van der Waals surface area contributed by atoms with Gasteiger partial charge in [-0.2, -0.15) is 0 Å². The normalized spacial score (nSPS) is 10.5. The molecule has 0 spiro atoms. The number of nitrogens with zero attached hydrogens (tertiary/aromatic N) is 1. The Hall–Kier alpha value is -4.69. The third-order valence-electron chi connectivity index (χ3n) is 5.12. The minimum atomic E-state index is -0.175. The van der Waals surface area contributed by atoms with Gasteiger partial charge in [-0.15, -0.1) is 0 Å². The first-order valence-corrected chi connectivity index (χ1v) is 10.1. The SMILES string of the molecule is O=C(Nc1cccc(C#Cc2ccnc3[nH]c(=O)c4ccccc4c23)c1)c1ccccc1. The van der Waals surface area contributed by atoms with Crippen LogP contribution >= 0.6 is 0 Å². The lowest BCUT2D eigenvalue weighted by Crippen LogP contribution is -2.11. The van der Waals surface area contributed by atoms with E-state index in [2.05, 4.69) is 27.1 Å². The lowest BCUT2D eigenvalue weighted by Gasteiger charge is -2.06. The van der Waals surface area contributed by atoms with Crippen molar-refractivity contribution in [2.24, 2.45) is 0 Å². The van der Waals surface area contributed by atoms with Crippen LogP contribution in [0.3, 0.4) is 0 Å². The van der Waals surface area contributed by atoms with E-state index in [1.165, 1.54) is 0 Å². The summed E-state index contributed by atoms with van der Waals surface area (Å²) in [6, 6.07) is 25.7. The van der Waals surface area contributed by atoms with Gasteiger partial charge in [0.05, 0.1) is 0 Å². The summed E-state index contributed by atoms with van der Waals surface area (Å²) in [5.41, 5.74) is 3.11. The molecule has 152 valence electrons. The number of hydrogen-bond donors (Lipinski definition) is 2. The van der Waals surface area contributed by atoms with Crippen molar-refractivity contribution in [2.45, 2.75) is 0 Å². The number of aromatic nitrogens is 2. The molecule has 0 saturated carbocycles. The molecule has 32 heavy (non-hydrogen) atoms. The van der Waals surface area contributed by atoms with E-state index in [1.54, 1.807) is 24.4 Å². The number of pyridine rings is 2. The standard InChI is InChI=1S/C27H17N3O2/c31-26(20-8-2-1-3-9-20)29-21-10-6-7-18(17-21)13-14-19-15-16-28-25-24(19)22-11-4-5-12-23(22)27(32)30-25/h1-12,15-17H,(H,29,31)(H,28,30,32). The van der Waals surface area contributed by atoms with Crippen LogP contribution in [-0.2, 0) is 0 Å². The Balaban J connectivity index is 1.52. The minimum Gasteiger partial charge on any atom is -0.322 e. The second-order valence-electron chi connectivity index (χ2n) is 7.23. The van der Waals surface area contributed by atoms with Crippen LogP contribution in [-0.4, -0.2) is 15.9 Å². The van der Waals surface area contributed by atoms with Gasteiger partial charge in [-0.3, -0.25) is 9.59 Å². The second-order valence-corrected chi connectivity index (χ2v) is 7.23. The molecule has 3 aromatic carbocycles. The summed E-state index contributed by atoms with van der Waals surface area (Å²) in [5, 5.41) is 5.12. The van der Waals surface area contributed by atoms with Crippen LogP contribution in [0, 0.1) is 11.8 Å². The Morgan fingerprint density at radius 3 is 2.47 bits per heavy atom. The van der Waals surface area contributed by atoms with Crippen molar-refractivity contribution in [2.75, 3.05) is 5.32 Å². The fourth-order valence-corrected chi connectivity index (χ4v) is 3.61. The van der Waals surface area contributed by atoms with Crippen LogP contribution in [0.4, 0.5) is 5.69 Å². The Morgan fingerprint density at radius 1 is 0.844 bits per heavy atom. The van der Waals surface area contributed by atoms with Crippen LogP contribution < -0.4 is 10.9 Å². The van der Waals surface area contributed by atoms with E-state index < -0.39 is 0 Å². The molecular weight excluding hydrogens is 398 g/mol. The topological polar surface area (TPSA) is 74.8 Å². The Bertz CT molecular complexity index is 1590. The summed E-state index contributed by atoms with van der Waals surface area (Å²) in [5.74, 6) is 6.19. The Morgan fingerprint density at radius 2 is 1.62 bits per heavy atom. The summed E-state index contributed by atoms with van der Waals surface area (Å²) in [6.07, 6.45) is 1.63. The number of carbonyl (C=O) groups excluding carboxylic acids is 1. The van der Waals surface area contributed by atoms with E-state index in [0.717, 1.165) is 21.9 Å². The van der Waals surface area contributed by atoms with Crippen molar-refractivity contribution >= 4 is 33.4 Å². The average Bonchev–Trinajstić information content (AvgIpc) is 2.83. The molecule has 0 atom stereocenters. The molecule has 0 aliphatic carbocycles. The number of aromatic amines is 1. The van der Waals surface area contributed by atoms with Gasteiger partial charge in [0.1, 0.15) is 5.65 Å². The van der Waals surface area contributed by atoms with Gasteiger partial charge in [0.25, 0.3) is 11.5 Å². The number of nitrogens with one attached hydrogen (secondary N) is 2. The first kappa shape index (κ1) is 19.3. The maximum atomic E-state index is 12.4. The van der Waals surface area contributed by atoms with Crippen molar-refractivity contribution in [1.82, 2.24) is 9.97 Å². The van der Waals surface area contributed by atoms with Gasteiger partial charge >= 0.3 is 0 Å². The van der Waals surface area contributed by atoms with E-state index >= 15 is 0 Å². The average molecular weight is 415 g/mol. The number of benzene rings is 3. The van der Waals surface area contributed by atoms with Crippen LogP contribution in [0.15, 0.2) is 95.9 Å². The summed E-state index contributed by atoms with van der Waals surface area (Å²) in [4.78, 5) is 31.9. The maximum absolute atomic E-state index is 12.4. The quantitative estimate of drug-likeness (QED) is 0.323. The molecular formula is C27H17N3O2. The molecule has 5 nitrogen and oxygen atoms in total. The molecule has 1 amide bonds. The first-order chi connectivity index (χ1) is 15.7. The van der Waals surface area contributed by atoms with Crippen LogP contribution in [0.25, 0.3) is 21.8 Å². The van der Waals surface area contributed by atoms with Crippen LogP contribution in [0.5, 0.6) is 0 Å². The first-order valence-electron chi connectivity index (χ1n) is 10.1. The summed E-state index contributed by atoms with van der Waals surface area (Å²) in [7, 11) is 0. The third kappa shape index (κ3) is 3.73. The van der Waals surface area contributed by atoms with Gasteiger partial charge < -0.3 is 10.3 Å². The predicted molar refractivity (Wildman–Crippen MR) is 127 cm³/mol. The smallest absolute Gasteiger partial charge is 0.257 e. The fraction of sp³-hybridized carbons (Fsp3) is 0. The zero-order valence-corrected chi connectivity index (χ0v) is 16.9. The third-order valence-corrected chi connectivity index (χ3v) is 5.12. The lowest BCUT2D eigenvalue weighted by atomic mass is 10.0. The molecule has 0 radical (unpaired) electrons. The number of rotatable bonds is 2. The molecule has 5 aromatic rings. The highest BCUT2D eigenvalue weighted by Gasteiger charge is 2.09. The van der Waals surface area contributed by atoms with E-state index in [9.17, 15) is 9.59 Å². The van der Waals surface area contributed by atoms with Gasteiger partial charge in [-0.1, -0.05) is 54.3 Å². The van der Waals surface area contributed by atoms with Crippen molar-refractivity contribution in [3.8, 4) is 11.8 Å². The minimum absolute atomic E-state index is 0.174. The monoisotopic (exact) mass is 415 g/mol. The number of anilines is 1. The highest BCUT2D eigenvalue weighted by atomic mass is 16.1. The maximum Gasteiger partial charge on any atom is 0.257 e. The van der Waals surface area contributed by atoms with Gasteiger partial charge in [0.15, 0.2) is 0 Å². The molecule has 0 unspecified atom stereocenters. The molecule has 0 fully saturated rings. The van der Waals surface area contributed by atoms with E-state index in [1.807, 2.05) is 66.7 Å². The fourth-order valence-electron chi connectivity index (χ4n) is 3.61. The highest BCUT2D eigenvalue weighted by molar-refractivity contribution is 6.07. The number of hydrogen-bond acceptors (Lipinski definition) is 3. The number of H-pyrrole nitrogens is 1. The highest BCUT2D eigenvalue weighted by Crippen LogP contribution is 2.23. The predicted octanol–water partition coefficient (Wildman–Crippen LogP) is 4.73. The second kappa shape index (κ2) is 8.21. The van der Waals surface area contributed by atoms with E-state index in [4.69, 9.17) is 0 Å². The van der Waals surface area contributed by atoms with Crippen LogP contribution in [0.1, 0.15) is 21.5 Å². The summed E-state index contributed by atoms with van der Waals surface area (Å²) in [6.45, 7) is 0. The van der Waals surface area contributed by atoms with E-state index in [-0.39, 0.29) is 11.5 Å². The van der Waals surface area contributed by atoms with Gasteiger partial charge in [-0.05, 0) is 47.9 Å². The molecule has 0 bridgehead atoms. The molecule has 2 heterocycles. The van der Waals surface area contributed by atoms with Crippen LogP contribution in [0.2, 0.25) is 0 Å². The summed E-state index contributed by atoms with van der Waals surface area (Å²) >= 11 is 0. The largest absolute Gasteiger partial charge is 0.322 e. The molecule has 2 N–H and O–H groups in total. The molecule has 5 heteroatoms. The number of fused-ring (bicyclic) bond motifs is 3. The van der Waals surface area contributed by atoms with Gasteiger partial charge in [0.2, 0.25) is 0 Å². The van der Waals surface area contributed by atoms with Crippen molar-refractivity contribution in [1.29, 1.82) is 0 Å². The Labute approximate surface area is 183 Å². The molecule has 0 aliphatic rings. The van der Waals surface area contributed by atoms with Crippen molar-refractivity contribution in [3.63, 3.8) is 0 Å². The zero-order valence-electron chi connectivity index (χ0n) is 16.9. The van der Waals surface area contributed by atoms with Gasteiger partial charge in [-0.25, -0.2) is 4.98 Å². The molecule has 0 saturated heterocycles. The van der Waals surface area contributed by atoms with E-state index in [0.29, 0.717) is 22.3 Å². The number of carbonyl (C=O) groups is 1. The summed E-state index contributed by atoms with van der Waals surface area (Å²) < 4.78 is 0. The molecule has 2 aromatic heterocycles. The zero-order chi connectivity index (χ0) is 21.9. The van der Waals surface area contributed by atoms with Crippen molar-refractivity contribution in [3.05, 3.63) is 118 Å². The number of amides is 1. The molecule has 5 rings (SSSR count). The Kier molecular flexibility index (Phi) is 4.95. The lowest BCUT2D eigenvalue weighted by molar-refractivity contribution is 0.102. The van der Waals surface area contributed by atoms with Crippen molar-refractivity contribution < 1.29 is 4.79 Å².